The van der Waals surface area contributed by atoms with Gasteiger partial charge in [0.1, 0.15) is 12.4 Å². The van der Waals surface area contributed by atoms with Gasteiger partial charge < -0.3 is 4.74 Å². The van der Waals surface area contributed by atoms with Gasteiger partial charge in [0, 0.05) is 23.6 Å². The van der Waals surface area contributed by atoms with Gasteiger partial charge in [-0.2, -0.15) is 0 Å². The van der Waals surface area contributed by atoms with Crippen molar-refractivity contribution in [3.8, 4) is 5.75 Å². The van der Waals surface area contributed by atoms with E-state index in [2.05, 4.69) is 6.07 Å². The highest BCUT2D eigenvalue weighted by Gasteiger charge is 2.21. The highest BCUT2D eigenvalue weighted by Crippen LogP contribution is 2.29. The molecule has 104 valence electrons. The lowest BCUT2D eigenvalue weighted by molar-refractivity contribution is 0.0928. The Morgan fingerprint density at radius 1 is 1.00 bits per heavy atom. The Hall–Kier alpha value is -2.55. The number of aromatic nitrogens is 1. The van der Waals surface area contributed by atoms with Gasteiger partial charge in [0.25, 0.3) is 0 Å². The highest BCUT2D eigenvalue weighted by molar-refractivity contribution is 5.96. The van der Waals surface area contributed by atoms with Gasteiger partial charge in [-0.3, -0.25) is 9.36 Å². The van der Waals surface area contributed by atoms with E-state index in [1.165, 1.54) is 0 Å². The van der Waals surface area contributed by atoms with Crippen LogP contribution < -0.4 is 4.74 Å². The number of rotatable bonds is 3. The number of fused-ring (bicyclic) bond motifs is 3. The van der Waals surface area contributed by atoms with Gasteiger partial charge in [-0.15, -0.1) is 0 Å². The van der Waals surface area contributed by atoms with Crippen LogP contribution in [0.15, 0.2) is 54.6 Å². The summed E-state index contributed by atoms with van der Waals surface area (Å²) in [6.07, 6.45) is 1.45. The molecule has 2 aromatic carbocycles. The van der Waals surface area contributed by atoms with Crippen molar-refractivity contribution in [2.24, 2.45) is 0 Å². The third-order valence-corrected chi connectivity index (χ3v) is 3.94. The van der Waals surface area contributed by atoms with Crippen molar-refractivity contribution in [1.29, 1.82) is 0 Å². The molecule has 21 heavy (non-hydrogen) atoms. The molecule has 0 saturated carbocycles. The molecule has 1 aliphatic heterocycles. The van der Waals surface area contributed by atoms with E-state index in [1.807, 2.05) is 53.1 Å². The van der Waals surface area contributed by atoms with Gasteiger partial charge in [0.05, 0.1) is 5.52 Å². The molecule has 0 fully saturated rings. The van der Waals surface area contributed by atoms with Crippen molar-refractivity contribution in [1.82, 2.24) is 4.57 Å². The maximum atomic E-state index is 12.0. The van der Waals surface area contributed by atoms with E-state index < -0.39 is 0 Å². The minimum atomic E-state index is 0.181. The maximum Gasteiger partial charge on any atom is 0.231 e. The minimum absolute atomic E-state index is 0.181. The van der Waals surface area contributed by atoms with E-state index in [0.29, 0.717) is 13.0 Å². The Labute approximate surface area is 122 Å². The number of carbonyl (C=O) groups is 1. The van der Waals surface area contributed by atoms with Crippen LogP contribution in [-0.4, -0.2) is 10.5 Å². The average Bonchev–Trinajstić information content (AvgIpc) is 3.06. The number of carbonyl (C=O) groups excluding carboxylic acids is 1. The number of ether oxygens (including phenoxy) is 1. The van der Waals surface area contributed by atoms with Crippen LogP contribution in [0.25, 0.3) is 10.9 Å². The van der Waals surface area contributed by atoms with E-state index in [1.54, 1.807) is 0 Å². The molecule has 0 spiro atoms. The van der Waals surface area contributed by atoms with E-state index in [4.69, 9.17) is 4.74 Å². The standard InChI is InChI=1S/C18H15NO2/c20-18-9-7-15-10-14-6-8-16(11-17(14)19(15)18)21-12-13-4-2-1-3-5-13/h1-6,8,10-11H,7,9,12H2. The quantitative estimate of drug-likeness (QED) is 0.729. The predicted octanol–water partition coefficient (Wildman–Crippen LogP) is 3.81. The summed E-state index contributed by atoms with van der Waals surface area (Å²) in [6, 6.07) is 18.1. The maximum absolute atomic E-state index is 12.0. The first-order valence-electron chi connectivity index (χ1n) is 7.15. The third kappa shape index (κ3) is 2.11. The van der Waals surface area contributed by atoms with Gasteiger partial charge in [-0.1, -0.05) is 30.3 Å². The number of benzene rings is 2. The van der Waals surface area contributed by atoms with Crippen LogP contribution >= 0.6 is 0 Å². The molecule has 2 heterocycles. The van der Waals surface area contributed by atoms with E-state index in [9.17, 15) is 4.79 Å². The van der Waals surface area contributed by atoms with Crippen LogP contribution in [0.5, 0.6) is 5.75 Å². The van der Waals surface area contributed by atoms with Crippen LogP contribution in [0, 0.1) is 0 Å². The fourth-order valence-electron chi connectivity index (χ4n) is 2.89. The fourth-order valence-corrected chi connectivity index (χ4v) is 2.89. The van der Waals surface area contributed by atoms with Gasteiger partial charge in [-0.25, -0.2) is 0 Å². The second kappa shape index (κ2) is 4.77. The van der Waals surface area contributed by atoms with E-state index in [0.717, 1.165) is 34.3 Å². The molecule has 3 aromatic rings. The summed E-state index contributed by atoms with van der Waals surface area (Å²) >= 11 is 0. The van der Waals surface area contributed by atoms with E-state index in [-0.39, 0.29) is 5.91 Å². The van der Waals surface area contributed by atoms with Crippen LogP contribution in [-0.2, 0) is 13.0 Å². The third-order valence-electron chi connectivity index (χ3n) is 3.94. The fraction of sp³-hybridized carbons (Fsp3) is 0.167. The highest BCUT2D eigenvalue weighted by atomic mass is 16.5. The number of aryl methyl sites for hydroxylation is 1. The van der Waals surface area contributed by atoms with Crippen LogP contribution in [0.1, 0.15) is 22.5 Å². The summed E-state index contributed by atoms with van der Waals surface area (Å²) in [5.41, 5.74) is 3.20. The average molecular weight is 277 g/mol. The molecule has 0 unspecified atom stereocenters. The Morgan fingerprint density at radius 3 is 2.71 bits per heavy atom. The van der Waals surface area contributed by atoms with E-state index >= 15 is 0 Å². The zero-order valence-corrected chi connectivity index (χ0v) is 11.6. The number of hydrogen-bond donors (Lipinski definition) is 0. The molecule has 0 N–H and O–H groups in total. The molecule has 0 bridgehead atoms. The smallest absolute Gasteiger partial charge is 0.231 e. The largest absolute Gasteiger partial charge is 0.489 e. The van der Waals surface area contributed by atoms with Crippen molar-refractivity contribution in [2.75, 3.05) is 0 Å². The number of hydrogen-bond acceptors (Lipinski definition) is 2. The normalized spacial score (nSPS) is 13.6. The minimum Gasteiger partial charge on any atom is -0.489 e. The summed E-state index contributed by atoms with van der Waals surface area (Å²) in [7, 11) is 0. The Bertz CT molecular complexity index is 818. The Balaban J connectivity index is 1.65. The lowest BCUT2D eigenvalue weighted by atomic mass is 10.2. The van der Waals surface area contributed by atoms with Crippen molar-refractivity contribution in [2.45, 2.75) is 19.4 Å². The monoisotopic (exact) mass is 277 g/mol. The summed E-state index contributed by atoms with van der Waals surface area (Å²) in [5.74, 6) is 0.979. The van der Waals surface area contributed by atoms with Crippen LogP contribution in [0.2, 0.25) is 0 Å². The molecule has 0 atom stereocenters. The molecule has 4 rings (SSSR count). The lowest BCUT2D eigenvalue weighted by Gasteiger charge is -2.07. The molecule has 0 aliphatic carbocycles. The molecule has 3 nitrogen and oxygen atoms in total. The zero-order chi connectivity index (χ0) is 14.2. The molecule has 0 saturated heterocycles. The predicted molar refractivity (Wildman–Crippen MR) is 81.7 cm³/mol. The van der Waals surface area contributed by atoms with Gasteiger partial charge in [-0.05, 0) is 30.2 Å². The molecule has 3 heteroatoms. The van der Waals surface area contributed by atoms with Crippen LogP contribution in [0.3, 0.4) is 0 Å². The number of nitrogens with zero attached hydrogens (tertiary/aromatic N) is 1. The first kappa shape index (κ1) is 12.2. The summed E-state index contributed by atoms with van der Waals surface area (Å²) in [4.78, 5) is 12.0. The van der Waals surface area contributed by atoms with Crippen molar-refractivity contribution in [3.05, 3.63) is 65.9 Å². The van der Waals surface area contributed by atoms with Gasteiger partial charge in [0.2, 0.25) is 5.91 Å². The van der Waals surface area contributed by atoms with Crippen molar-refractivity contribution in [3.63, 3.8) is 0 Å². The molecular weight excluding hydrogens is 262 g/mol. The first-order chi connectivity index (χ1) is 10.3. The second-order valence-electron chi connectivity index (χ2n) is 5.36. The first-order valence-corrected chi connectivity index (χ1v) is 7.15. The molecule has 0 radical (unpaired) electrons. The molecular formula is C18H15NO2. The second-order valence-corrected chi connectivity index (χ2v) is 5.36. The van der Waals surface area contributed by atoms with Gasteiger partial charge >= 0.3 is 0 Å². The summed E-state index contributed by atoms with van der Waals surface area (Å²) < 4.78 is 7.66. The zero-order valence-electron chi connectivity index (χ0n) is 11.6. The molecule has 1 aliphatic rings. The SMILES string of the molecule is O=C1CCc2cc3ccc(OCc4ccccc4)cc3n21. The van der Waals surface area contributed by atoms with Gasteiger partial charge in [0.15, 0.2) is 0 Å². The Morgan fingerprint density at radius 2 is 1.86 bits per heavy atom. The molecule has 1 aromatic heterocycles. The van der Waals surface area contributed by atoms with Crippen LogP contribution in [0.4, 0.5) is 0 Å². The molecule has 0 amide bonds. The van der Waals surface area contributed by atoms with Crippen molar-refractivity contribution >= 4 is 16.8 Å². The summed E-state index contributed by atoms with van der Waals surface area (Å²) in [6.45, 7) is 0.536. The summed E-state index contributed by atoms with van der Waals surface area (Å²) in [5, 5.41) is 1.10. The van der Waals surface area contributed by atoms with Crippen molar-refractivity contribution < 1.29 is 9.53 Å². The topological polar surface area (TPSA) is 31.2 Å². The lowest BCUT2D eigenvalue weighted by Crippen LogP contribution is -2.03. The Kier molecular flexibility index (Phi) is 2.78.